The molecule has 19 heavy (non-hydrogen) atoms. The normalized spacial score (nSPS) is 9.95. The summed E-state index contributed by atoms with van der Waals surface area (Å²) in [6.07, 6.45) is 2.89. The van der Waals surface area contributed by atoms with Crippen LogP contribution < -0.4 is 15.2 Å². The summed E-state index contributed by atoms with van der Waals surface area (Å²) in [7, 11) is 1.46. The van der Waals surface area contributed by atoms with Gasteiger partial charge in [0.05, 0.1) is 23.9 Å². The summed E-state index contributed by atoms with van der Waals surface area (Å²) in [5, 5.41) is 10.9. The molecule has 0 radical (unpaired) electrons. The van der Waals surface area contributed by atoms with Crippen molar-refractivity contribution in [1.29, 1.82) is 0 Å². The zero-order chi connectivity index (χ0) is 13.8. The van der Waals surface area contributed by atoms with Gasteiger partial charge >= 0.3 is 5.69 Å². The fourth-order valence-electron chi connectivity index (χ4n) is 1.46. The summed E-state index contributed by atoms with van der Waals surface area (Å²) in [5.74, 6) is 0.807. The predicted octanol–water partition coefficient (Wildman–Crippen LogP) is 2.37. The fourth-order valence-corrected chi connectivity index (χ4v) is 1.46. The number of anilines is 1. The Kier molecular flexibility index (Phi) is 3.46. The van der Waals surface area contributed by atoms with Crippen molar-refractivity contribution >= 4 is 11.4 Å². The first kappa shape index (κ1) is 12.6. The van der Waals surface area contributed by atoms with Crippen LogP contribution in [0.15, 0.2) is 36.7 Å². The predicted molar refractivity (Wildman–Crippen MR) is 68.4 cm³/mol. The second-order valence-electron chi connectivity index (χ2n) is 3.61. The minimum Gasteiger partial charge on any atom is -0.497 e. The average molecular weight is 261 g/mol. The van der Waals surface area contributed by atoms with Gasteiger partial charge in [0.1, 0.15) is 5.75 Å². The van der Waals surface area contributed by atoms with Gasteiger partial charge in [-0.05, 0) is 6.07 Å². The van der Waals surface area contributed by atoms with Gasteiger partial charge in [0.25, 0.3) is 0 Å². The highest BCUT2D eigenvalue weighted by molar-refractivity contribution is 5.56. The molecule has 2 N–H and O–H groups in total. The quantitative estimate of drug-likeness (QED) is 0.669. The maximum Gasteiger partial charge on any atom is 0.311 e. The first-order valence-corrected chi connectivity index (χ1v) is 5.31. The SMILES string of the molecule is COc1ccc([N+](=O)[O-])c(Oc2ccncc2N)c1. The van der Waals surface area contributed by atoms with Crippen LogP contribution in [0.3, 0.4) is 0 Å². The topological polar surface area (TPSA) is 101 Å². The summed E-state index contributed by atoms with van der Waals surface area (Å²) in [6, 6.07) is 5.75. The van der Waals surface area contributed by atoms with Crippen LogP contribution in [-0.4, -0.2) is 17.0 Å². The van der Waals surface area contributed by atoms with Gasteiger partial charge < -0.3 is 15.2 Å². The van der Waals surface area contributed by atoms with Crippen molar-refractivity contribution in [3.05, 3.63) is 46.8 Å². The van der Waals surface area contributed by atoms with Crippen LogP contribution in [0.4, 0.5) is 11.4 Å². The van der Waals surface area contributed by atoms with E-state index in [4.69, 9.17) is 15.2 Å². The number of benzene rings is 1. The molecule has 0 saturated heterocycles. The molecule has 7 heteroatoms. The Morgan fingerprint density at radius 2 is 2.11 bits per heavy atom. The number of ether oxygens (including phenoxy) is 2. The highest BCUT2D eigenvalue weighted by atomic mass is 16.6. The molecule has 0 unspecified atom stereocenters. The lowest BCUT2D eigenvalue weighted by Gasteiger charge is -2.09. The Balaban J connectivity index is 2.43. The molecule has 1 heterocycles. The lowest BCUT2D eigenvalue weighted by atomic mass is 10.2. The number of rotatable bonds is 4. The lowest BCUT2D eigenvalue weighted by Crippen LogP contribution is -1.97. The number of hydrogen-bond donors (Lipinski definition) is 1. The van der Waals surface area contributed by atoms with Gasteiger partial charge in [0.2, 0.25) is 5.75 Å². The summed E-state index contributed by atoms with van der Waals surface area (Å²) < 4.78 is 10.5. The molecule has 0 aliphatic carbocycles. The van der Waals surface area contributed by atoms with E-state index < -0.39 is 4.92 Å². The molecule has 2 rings (SSSR count). The summed E-state index contributed by atoms with van der Waals surface area (Å²) in [4.78, 5) is 14.2. The molecule has 1 aromatic heterocycles. The minimum atomic E-state index is -0.536. The second-order valence-corrected chi connectivity index (χ2v) is 3.61. The Morgan fingerprint density at radius 1 is 1.32 bits per heavy atom. The van der Waals surface area contributed by atoms with E-state index in [1.165, 1.54) is 43.8 Å². The average Bonchev–Trinajstić information content (AvgIpc) is 2.41. The third-order valence-electron chi connectivity index (χ3n) is 2.39. The first-order valence-electron chi connectivity index (χ1n) is 5.31. The van der Waals surface area contributed by atoms with Crippen LogP contribution in [0.5, 0.6) is 17.2 Å². The third-order valence-corrected chi connectivity index (χ3v) is 2.39. The number of aromatic nitrogens is 1. The van der Waals surface area contributed by atoms with Crippen molar-refractivity contribution in [3.63, 3.8) is 0 Å². The van der Waals surface area contributed by atoms with E-state index in [9.17, 15) is 10.1 Å². The number of methoxy groups -OCH3 is 1. The van der Waals surface area contributed by atoms with Gasteiger partial charge in [-0.15, -0.1) is 0 Å². The zero-order valence-electron chi connectivity index (χ0n) is 10.1. The molecule has 7 nitrogen and oxygen atoms in total. The number of pyridine rings is 1. The second kappa shape index (κ2) is 5.21. The molecule has 0 fully saturated rings. The van der Waals surface area contributed by atoms with Crippen molar-refractivity contribution < 1.29 is 14.4 Å². The van der Waals surface area contributed by atoms with Crippen LogP contribution in [0.2, 0.25) is 0 Å². The minimum absolute atomic E-state index is 0.0576. The van der Waals surface area contributed by atoms with Crippen molar-refractivity contribution in [2.75, 3.05) is 12.8 Å². The van der Waals surface area contributed by atoms with E-state index in [1.807, 2.05) is 0 Å². The molecule has 0 aliphatic heterocycles. The summed E-state index contributed by atoms with van der Waals surface area (Å²) >= 11 is 0. The Morgan fingerprint density at radius 3 is 2.74 bits per heavy atom. The standard InChI is InChI=1S/C12H11N3O4/c1-18-8-2-3-10(15(16)17)12(6-8)19-11-4-5-14-7-9(11)13/h2-7H,13H2,1H3. The van der Waals surface area contributed by atoms with Crippen LogP contribution in [0, 0.1) is 10.1 Å². The van der Waals surface area contributed by atoms with E-state index >= 15 is 0 Å². The Hall–Kier alpha value is -2.83. The van der Waals surface area contributed by atoms with E-state index in [-0.39, 0.29) is 11.4 Å². The number of nitrogens with two attached hydrogens (primary N) is 1. The molecule has 0 bridgehead atoms. The molecule has 1 aromatic carbocycles. The molecule has 98 valence electrons. The van der Waals surface area contributed by atoms with Crippen molar-refractivity contribution in [1.82, 2.24) is 4.98 Å². The third kappa shape index (κ3) is 2.71. The van der Waals surface area contributed by atoms with Gasteiger partial charge in [0.15, 0.2) is 5.75 Å². The monoisotopic (exact) mass is 261 g/mol. The number of hydrogen-bond acceptors (Lipinski definition) is 6. The summed E-state index contributed by atoms with van der Waals surface area (Å²) in [6.45, 7) is 0. The van der Waals surface area contributed by atoms with Gasteiger partial charge in [-0.2, -0.15) is 0 Å². The molecule has 0 amide bonds. The summed E-state index contributed by atoms with van der Waals surface area (Å²) in [5.41, 5.74) is 5.80. The van der Waals surface area contributed by atoms with Crippen LogP contribution in [0.25, 0.3) is 0 Å². The van der Waals surface area contributed by atoms with Crippen LogP contribution in [0.1, 0.15) is 0 Å². The number of nitrogens with zero attached hydrogens (tertiary/aromatic N) is 2. The maximum atomic E-state index is 10.9. The Bertz CT molecular complexity index is 616. The van der Waals surface area contributed by atoms with Gasteiger partial charge in [-0.3, -0.25) is 15.1 Å². The fraction of sp³-hybridized carbons (Fsp3) is 0.0833. The van der Waals surface area contributed by atoms with Gasteiger partial charge in [-0.1, -0.05) is 0 Å². The molecule has 0 atom stereocenters. The molecule has 2 aromatic rings. The number of nitro groups is 1. The smallest absolute Gasteiger partial charge is 0.311 e. The van der Waals surface area contributed by atoms with Crippen LogP contribution in [-0.2, 0) is 0 Å². The van der Waals surface area contributed by atoms with E-state index in [1.54, 1.807) is 0 Å². The zero-order valence-corrected chi connectivity index (χ0v) is 10.1. The van der Waals surface area contributed by atoms with E-state index in [0.717, 1.165) is 0 Å². The molecular formula is C12H11N3O4. The van der Waals surface area contributed by atoms with Crippen molar-refractivity contribution in [3.8, 4) is 17.2 Å². The van der Waals surface area contributed by atoms with E-state index in [0.29, 0.717) is 17.2 Å². The molecule has 0 saturated carbocycles. The van der Waals surface area contributed by atoms with E-state index in [2.05, 4.69) is 4.98 Å². The van der Waals surface area contributed by atoms with Gasteiger partial charge in [-0.25, -0.2) is 0 Å². The lowest BCUT2D eigenvalue weighted by molar-refractivity contribution is -0.385. The molecule has 0 aliphatic rings. The number of nitro benzene ring substituents is 1. The Labute approximate surface area is 108 Å². The first-order chi connectivity index (χ1) is 9.11. The highest BCUT2D eigenvalue weighted by Crippen LogP contribution is 2.36. The van der Waals surface area contributed by atoms with Crippen molar-refractivity contribution in [2.24, 2.45) is 0 Å². The van der Waals surface area contributed by atoms with Gasteiger partial charge in [0, 0.05) is 24.4 Å². The largest absolute Gasteiger partial charge is 0.497 e. The maximum absolute atomic E-state index is 10.9. The van der Waals surface area contributed by atoms with Crippen molar-refractivity contribution in [2.45, 2.75) is 0 Å². The molecular weight excluding hydrogens is 250 g/mol. The molecule has 0 spiro atoms. The highest BCUT2D eigenvalue weighted by Gasteiger charge is 2.17. The van der Waals surface area contributed by atoms with Crippen LogP contribution >= 0.6 is 0 Å². The number of nitrogen functional groups attached to an aromatic ring is 1.